The summed E-state index contributed by atoms with van der Waals surface area (Å²) < 4.78 is 5.36. The standard InChI is InChI=1S/C13H15NO2S/c1-2-16-11-5-3-10(4-6-11)13(15)7-12-8-14-9-17-12/h3-6,8-9,13,15H,2,7H2,1H3. The molecule has 0 aliphatic carbocycles. The molecule has 3 nitrogen and oxygen atoms in total. The maximum absolute atomic E-state index is 10.1. The van der Waals surface area contributed by atoms with Gasteiger partial charge in [0.15, 0.2) is 0 Å². The lowest BCUT2D eigenvalue weighted by atomic mass is 10.1. The van der Waals surface area contributed by atoms with Crippen molar-refractivity contribution < 1.29 is 9.84 Å². The number of hydrogen-bond acceptors (Lipinski definition) is 4. The molecule has 0 saturated heterocycles. The van der Waals surface area contributed by atoms with Crippen LogP contribution < -0.4 is 4.74 Å². The van der Waals surface area contributed by atoms with Crippen molar-refractivity contribution in [3.05, 3.63) is 46.4 Å². The highest BCUT2D eigenvalue weighted by Crippen LogP contribution is 2.22. The summed E-state index contributed by atoms with van der Waals surface area (Å²) in [5, 5.41) is 10.1. The van der Waals surface area contributed by atoms with E-state index in [4.69, 9.17) is 4.74 Å². The minimum Gasteiger partial charge on any atom is -0.494 e. The molecule has 0 radical (unpaired) electrons. The summed E-state index contributed by atoms with van der Waals surface area (Å²) in [4.78, 5) is 5.08. The van der Waals surface area contributed by atoms with Crippen LogP contribution in [0.25, 0.3) is 0 Å². The zero-order valence-electron chi connectivity index (χ0n) is 9.67. The normalized spacial score (nSPS) is 12.4. The Morgan fingerprint density at radius 2 is 2.12 bits per heavy atom. The van der Waals surface area contributed by atoms with Crippen molar-refractivity contribution in [3.63, 3.8) is 0 Å². The first kappa shape index (κ1) is 12.1. The SMILES string of the molecule is CCOc1ccc(C(O)Cc2cncs2)cc1. The third kappa shape index (κ3) is 3.28. The van der Waals surface area contributed by atoms with Crippen LogP contribution >= 0.6 is 11.3 Å². The quantitative estimate of drug-likeness (QED) is 0.886. The topological polar surface area (TPSA) is 42.4 Å². The fourth-order valence-corrected chi connectivity index (χ4v) is 2.24. The number of aromatic nitrogens is 1. The number of hydrogen-bond donors (Lipinski definition) is 1. The largest absolute Gasteiger partial charge is 0.494 e. The van der Waals surface area contributed by atoms with Crippen molar-refractivity contribution in [1.29, 1.82) is 0 Å². The fraction of sp³-hybridized carbons (Fsp3) is 0.308. The molecule has 4 heteroatoms. The van der Waals surface area contributed by atoms with E-state index >= 15 is 0 Å². The van der Waals surface area contributed by atoms with E-state index in [0.29, 0.717) is 13.0 Å². The summed E-state index contributed by atoms with van der Waals surface area (Å²) in [6, 6.07) is 7.57. The summed E-state index contributed by atoms with van der Waals surface area (Å²) >= 11 is 1.56. The van der Waals surface area contributed by atoms with E-state index < -0.39 is 6.10 Å². The summed E-state index contributed by atoms with van der Waals surface area (Å²) in [6.45, 7) is 2.61. The maximum Gasteiger partial charge on any atom is 0.119 e. The highest BCUT2D eigenvalue weighted by molar-refractivity contribution is 7.09. The average molecular weight is 249 g/mol. The Hall–Kier alpha value is -1.39. The van der Waals surface area contributed by atoms with Crippen LogP contribution in [0.3, 0.4) is 0 Å². The molecule has 1 N–H and O–H groups in total. The number of thiazole rings is 1. The molecule has 1 heterocycles. The van der Waals surface area contributed by atoms with Crippen LogP contribution in [0.5, 0.6) is 5.75 Å². The van der Waals surface area contributed by atoms with Crippen molar-refractivity contribution in [2.45, 2.75) is 19.4 Å². The van der Waals surface area contributed by atoms with Gasteiger partial charge >= 0.3 is 0 Å². The van der Waals surface area contributed by atoms with Crippen LogP contribution in [0.2, 0.25) is 0 Å². The lowest BCUT2D eigenvalue weighted by Crippen LogP contribution is -2.00. The molecule has 0 bridgehead atoms. The van der Waals surface area contributed by atoms with Gasteiger partial charge in [-0.2, -0.15) is 0 Å². The third-order valence-electron chi connectivity index (χ3n) is 2.45. The molecule has 0 aliphatic heterocycles. The van der Waals surface area contributed by atoms with E-state index in [0.717, 1.165) is 16.2 Å². The molecule has 1 atom stereocenters. The van der Waals surface area contributed by atoms with Gasteiger partial charge in [0.25, 0.3) is 0 Å². The molecule has 1 aromatic carbocycles. The van der Waals surface area contributed by atoms with Gasteiger partial charge in [-0.15, -0.1) is 11.3 Å². The molecule has 2 rings (SSSR count). The van der Waals surface area contributed by atoms with Gasteiger partial charge in [-0.05, 0) is 24.6 Å². The minimum absolute atomic E-state index is 0.480. The van der Waals surface area contributed by atoms with Crippen LogP contribution in [0.15, 0.2) is 36.0 Å². The zero-order chi connectivity index (χ0) is 12.1. The van der Waals surface area contributed by atoms with Gasteiger partial charge in [-0.25, -0.2) is 0 Å². The predicted octanol–water partition coefficient (Wildman–Crippen LogP) is 2.82. The molecular formula is C13H15NO2S. The van der Waals surface area contributed by atoms with E-state index in [1.807, 2.05) is 31.2 Å². The van der Waals surface area contributed by atoms with Gasteiger partial charge in [0, 0.05) is 17.5 Å². The van der Waals surface area contributed by atoms with Crippen LogP contribution in [-0.4, -0.2) is 16.7 Å². The van der Waals surface area contributed by atoms with Crippen molar-refractivity contribution in [2.24, 2.45) is 0 Å². The van der Waals surface area contributed by atoms with Crippen LogP contribution in [0.4, 0.5) is 0 Å². The maximum atomic E-state index is 10.1. The molecule has 1 unspecified atom stereocenters. The monoisotopic (exact) mass is 249 g/mol. The lowest BCUT2D eigenvalue weighted by Gasteiger charge is -2.10. The summed E-state index contributed by atoms with van der Waals surface area (Å²) in [5.41, 5.74) is 2.68. The molecule has 0 saturated carbocycles. The molecule has 0 fully saturated rings. The smallest absolute Gasteiger partial charge is 0.119 e. The highest BCUT2D eigenvalue weighted by Gasteiger charge is 2.09. The molecule has 0 amide bonds. The number of ether oxygens (including phenoxy) is 1. The van der Waals surface area contributed by atoms with E-state index in [-0.39, 0.29) is 0 Å². The highest BCUT2D eigenvalue weighted by atomic mass is 32.1. The first-order chi connectivity index (χ1) is 8.29. The Kier molecular flexibility index (Phi) is 4.12. The Balaban J connectivity index is 2.01. The van der Waals surface area contributed by atoms with Gasteiger partial charge in [0.05, 0.1) is 18.2 Å². The second-order valence-corrected chi connectivity index (χ2v) is 4.66. The fourth-order valence-electron chi connectivity index (χ4n) is 1.60. The number of rotatable bonds is 5. The summed E-state index contributed by atoms with van der Waals surface area (Å²) in [6.07, 6.45) is 1.92. The minimum atomic E-state index is -0.480. The van der Waals surface area contributed by atoms with Crippen molar-refractivity contribution >= 4 is 11.3 Å². The Bertz CT molecular complexity index is 439. The van der Waals surface area contributed by atoms with Gasteiger partial charge in [-0.3, -0.25) is 4.98 Å². The van der Waals surface area contributed by atoms with Crippen molar-refractivity contribution in [1.82, 2.24) is 4.98 Å². The van der Waals surface area contributed by atoms with E-state index in [2.05, 4.69) is 4.98 Å². The zero-order valence-corrected chi connectivity index (χ0v) is 10.5. The van der Waals surface area contributed by atoms with E-state index in [1.54, 1.807) is 23.0 Å². The van der Waals surface area contributed by atoms with Crippen molar-refractivity contribution in [2.75, 3.05) is 6.61 Å². The van der Waals surface area contributed by atoms with Crippen molar-refractivity contribution in [3.8, 4) is 5.75 Å². The molecule has 1 aromatic heterocycles. The van der Waals surface area contributed by atoms with Crippen LogP contribution in [0, 0.1) is 0 Å². The van der Waals surface area contributed by atoms with E-state index in [9.17, 15) is 5.11 Å². The van der Waals surface area contributed by atoms with Gasteiger partial charge in [0.1, 0.15) is 5.75 Å². The van der Waals surface area contributed by atoms with Crippen LogP contribution in [-0.2, 0) is 6.42 Å². The molecule has 17 heavy (non-hydrogen) atoms. The average Bonchev–Trinajstić information content (AvgIpc) is 2.83. The second-order valence-electron chi connectivity index (χ2n) is 3.69. The first-order valence-corrected chi connectivity index (χ1v) is 6.45. The van der Waals surface area contributed by atoms with Gasteiger partial charge in [0.2, 0.25) is 0 Å². The van der Waals surface area contributed by atoms with Gasteiger partial charge < -0.3 is 9.84 Å². The Labute approximate surface area is 105 Å². The third-order valence-corrected chi connectivity index (χ3v) is 3.26. The lowest BCUT2D eigenvalue weighted by molar-refractivity contribution is 0.179. The molecule has 0 spiro atoms. The van der Waals surface area contributed by atoms with Gasteiger partial charge in [-0.1, -0.05) is 12.1 Å². The number of benzene rings is 1. The summed E-state index contributed by atoms with van der Waals surface area (Å²) in [7, 11) is 0. The Morgan fingerprint density at radius 1 is 1.35 bits per heavy atom. The number of aliphatic hydroxyl groups is 1. The first-order valence-electron chi connectivity index (χ1n) is 5.57. The molecule has 2 aromatic rings. The number of aliphatic hydroxyl groups excluding tert-OH is 1. The summed E-state index contributed by atoms with van der Waals surface area (Å²) in [5.74, 6) is 0.834. The molecule has 0 aliphatic rings. The molecular weight excluding hydrogens is 234 g/mol. The Morgan fingerprint density at radius 3 is 2.71 bits per heavy atom. The predicted molar refractivity (Wildman–Crippen MR) is 68.4 cm³/mol. The van der Waals surface area contributed by atoms with E-state index in [1.165, 1.54) is 0 Å². The number of nitrogens with zero attached hydrogens (tertiary/aromatic N) is 1. The second kappa shape index (κ2) is 5.80. The molecule has 90 valence electrons. The van der Waals surface area contributed by atoms with Crippen LogP contribution in [0.1, 0.15) is 23.5 Å².